The van der Waals surface area contributed by atoms with E-state index in [1.807, 2.05) is 55.5 Å². The molecule has 2 aliphatic rings. The molecule has 1 unspecified atom stereocenters. The summed E-state index contributed by atoms with van der Waals surface area (Å²) in [7, 11) is 0. The average molecular weight is 307 g/mol. The first-order valence-corrected chi connectivity index (χ1v) is 7.96. The third-order valence-electron chi connectivity index (χ3n) is 4.14. The van der Waals surface area contributed by atoms with Gasteiger partial charge >= 0.3 is 0 Å². The fourth-order valence-corrected chi connectivity index (χ4v) is 4.19. The maximum atomic E-state index is 12.8. The van der Waals surface area contributed by atoms with E-state index in [2.05, 4.69) is 5.32 Å². The van der Waals surface area contributed by atoms with Crippen LogP contribution in [0.15, 0.2) is 54.1 Å². The Kier molecular flexibility index (Phi) is 2.94. The lowest BCUT2D eigenvalue weighted by molar-refractivity contribution is 0.103. The van der Waals surface area contributed by atoms with Crippen LogP contribution in [-0.2, 0) is 0 Å². The van der Waals surface area contributed by atoms with Gasteiger partial charge in [0.1, 0.15) is 0 Å². The van der Waals surface area contributed by atoms with Gasteiger partial charge < -0.3 is 5.32 Å². The number of amides is 1. The third-order valence-corrected chi connectivity index (χ3v) is 5.18. The van der Waals surface area contributed by atoms with Crippen molar-refractivity contribution in [1.29, 1.82) is 0 Å². The van der Waals surface area contributed by atoms with Crippen molar-refractivity contribution in [3.05, 3.63) is 76.4 Å². The van der Waals surface area contributed by atoms with E-state index in [-0.39, 0.29) is 16.3 Å². The standard InChI is InChI=1S/C18H13NO2S/c1-10-6-2-3-7-11(10)17-14-15(19-18(21)22-17)12-8-4-5-9-13(12)16(14)20/h2-9,17H,1H3,(H,19,21). The molecule has 1 N–H and O–H groups in total. The summed E-state index contributed by atoms with van der Waals surface area (Å²) in [6.07, 6.45) is 0. The van der Waals surface area contributed by atoms with Crippen LogP contribution < -0.4 is 5.32 Å². The van der Waals surface area contributed by atoms with E-state index in [4.69, 9.17) is 0 Å². The minimum atomic E-state index is -0.246. The Bertz CT molecular complexity index is 854. The summed E-state index contributed by atoms with van der Waals surface area (Å²) in [6, 6.07) is 15.4. The molecule has 3 nitrogen and oxygen atoms in total. The quantitative estimate of drug-likeness (QED) is 0.862. The van der Waals surface area contributed by atoms with Crippen molar-refractivity contribution >= 4 is 28.5 Å². The number of hydrogen-bond acceptors (Lipinski definition) is 3. The van der Waals surface area contributed by atoms with Crippen LogP contribution in [0.25, 0.3) is 5.70 Å². The fourth-order valence-electron chi connectivity index (χ4n) is 3.09. The molecule has 0 spiro atoms. The van der Waals surface area contributed by atoms with Crippen LogP contribution in [0.5, 0.6) is 0 Å². The Labute approximate surface area is 132 Å². The van der Waals surface area contributed by atoms with Crippen LogP contribution in [0.2, 0.25) is 0 Å². The SMILES string of the molecule is Cc1ccccc1C1SC(=O)NC2=C1C(=O)c1ccccc12. The van der Waals surface area contributed by atoms with Gasteiger partial charge in [0.15, 0.2) is 5.78 Å². The minimum Gasteiger partial charge on any atom is -0.316 e. The van der Waals surface area contributed by atoms with Crippen LogP contribution in [0.3, 0.4) is 0 Å². The van der Waals surface area contributed by atoms with Crippen LogP contribution in [0.1, 0.15) is 32.3 Å². The monoisotopic (exact) mass is 307 g/mol. The van der Waals surface area contributed by atoms with E-state index in [1.54, 1.807) is 0 Å². The Morgan fingerprint density at radius 1 is 0.955 bits per heavy atom. The van der Waals surface area contributed by atoms with Gasteiger partial charge in [0, 0.05) is 16.7 Å². The van der Waals surface area contributed by atoms with Crippen molar-refractivity contribution in [3.63, 3.8) is 0 Å². The number of carbonyl (C=O) groups excluding carboxylic acids is 2. The van der Waals surface area contributed by atoms with E-state index in [0.29, 0.717) is 16.8 Å². The fraction of sp³-hybridized carbons (Fsp3) is 0.111. The van der Waals surface area contributed by atoms with Crippen LogP contribution in [-0.4, -0.2) is 11.0 Å². The van der Waals surface area contributed by atoms with Gasteiger partial charge in [-0.05, 0) is 18.1 Å². The molecule has 0 radical (unpaired) electrons. The van der Waals surface area contributed by atoms with Crippen LogP contribution >= 0.6 is 11.8 Å². The highest BCUT2D eigenvalue weighted by Crippen LogP contribution is 2.48. The van der Waals surface area contributed by atoms with Gasteiger partial charge in [-0.3, -0.25) is 9.59 Å². The first-order chi connectivity index (χ1) is 10.7. The number of thioether (sulfide) groups is 1. The molecule has 22 heavy (non-hydrogen) atoms. The summed E-state index contributed by atoms with van der Waals surface area (Å²) in [6.45, 7) is 2.01. The minimum absolute atomic E-state index is 0.0198. The van der Waals surface area contributed by atoms with Gasteiger partial charge in [0.2, 0.25) is 0 Å². The smallest absolute Gasteiger partial charge is 0.284 e. The molecule has 1 heterocycles. The molecule has 0 saturated heterocycles. The highest BCUT2D eigenvalue weighted by molar-refractivity contribution is 8.14. The largest absolute Gasteiger partial charge is 0.316 e. The molecule has 2 aromatic rings. The summed E-state index contributed by atoms with van der Waals surface area (Å²) in [5.41, 5.74) is 4.99. The number of carbonyl (C=O) groups is 2. The van der Waals surface area contributed by atoms with Crippen molar-refractivity contribution in [2.45, 2.75) is 12.2 Å². The van der Waals surface area contributed by atoms with Gasteiger partial charge in [0.25, 0.3) is 5.24 Å². The van der Waals surface area contributed by atoms with E-state index >= 15 is 0 Å². The maximum absolute atomic E-state index is 12.8. The predicted molar refractivity (Wildman–Crippen MR) is 87.7 cm³/mol. The number of nitrogens with one attached hydrogen (secondary N) is 1. The molecule has 4 heteroatoms. The zero-order chi connectivity index (χ0) is 15.3. The lowest BCUT2D eigenvalue weighted by atomic mass is 9.97. The molecule has 4 rings (SSSR count). The van der Waals surface area contributed by atoms with E-state index < -0.39 is 0 Å². The number of rotatable bonds is 1. The molecular formula is C18H13NO2S. The zero-order valence-corrected chi connectivity index (χ0v) is 12.7. The first kappa shape index (κ1) is 13.3. The average Bonchev–Trinajstić information content (AvgIpc) is 2.81. The van der Waals surface area contributed by atoms with Crippen LogP contribution in [0, 0.1) is 6.92 Å². The van der Waals surface area contributed by atoms with Crippen LogP contribution in [0.4, 0.5) is 4.79 Å². The Morgan fingerprint density at radius 2 is 1.64 bits per heavy atom. The van der Waals surface area contributed by atoms with Crippen molar-refractivity contribution in [2.75, 3.05) is 0 Å². The van der Waals surface area contributed by atoms with Crippen molar-refractivity contribution < 1.29 is 9.59 Å². The second-order valence-electron chi connectivity index (χ2n) is 5.43. The summed E-state index contributed by atoms with van der Waals surface area (Å²) >= 11 is 1.18. The molecule has 1 atom stereocenters. The van der Waals surface area contributed by atoms with Crippen molar-refractivity contribution in [2.24, 2.45) is 0 Å². The molecule has 2 aromatic carbocycles. The zero-order valence-electron chi connectivity index (χ0n) is 11.9. The Balaban J connectivity index is 1.93. The van der Waals surface area contributed by atoms with Gasteiger partial charge in [-0.1, -0.05) is 60.3 Å². The molecule has 0 bridgehead atoms. The third kappa shape index (κ3) is 1.84. The number of ketones is 1. The number of aryl methyl sites for hydroxylation is 1. The summed E-state index contributed by atoms with van der Waals surface area (Å²) in [5, 5.41) is 2.51. The lowest BCUT2D eigenvalue weighted by Gasteiger charge is -2.25. The number of fused-ring (bicyclic) bond motifs is 2. The number of benzene rings is 2. The van der Waals surface area contributed by atoms with E-state index in [9.17, 15) is 9.59 Å². The second-order valence-corrected chi connectivity index (χ2v) is 6.51. The van der Waals surface area contributed by atoms with E-state index in [0.717, 1.165) is 16.7 Å². The predicted octanol–water partition coefficient (Wildman–Crippen LogP) is 4.10. The molecule has 0 aromatic heterocycles. The van der Waals surface area contributed by atoms with Gasteiger partial charge in [-0.15, -0.1) is 0 Å². The second kappa shape index (κ2) is 4.85. The highest BCUT2D eigenvalue weighted by atomic mass is 32.2. The number of hydrogen-bond donors (Lipinski definition) is 1. The lowest BCUT2D eigenvalue weighted by Crippen LogP contribution is -2.25. The number of Topliss-reactive ketones (excluding diaryl/α,β-unsaturated/α-hetero) is 1. The molecular weight excluding hydrogens is 294 g/mol. The molecule has 1 aliphatic carbocycles. The van der Waals surface area contributed by atoms with E-state index in [1.165, 1.54) is 11.8 Å². The maximum Gasteiger partial charge on any atom is 0.284 e. The first-order valence-electron chi connectivity index (χ1n) is 7.08. The summed E-state index contributed by atoms with van der Waals surface area (Å²) in [4.78, 5) is 24.9. The highest BCUT2D eigenvalue weighted by Gasteiger charge is 2.40. The Hall–Kier alpha value is -2.33. The van der Waals surface area contributed by atoms with Crippen molar-refractivity contribution in [1.82, 2.24) is 5.32 Å². The molecule has 1 aliphatic heterocycles. The molecule has 1 amide bonds. The molecule has 0 fully saturated rings. The molecule has 0 saturated carbocycles. The molecule has 108 valence electrons. The van der Waals surface area contributed by atoms with Crippen molar-refractivity contribution in [3.8, 4) is 0 Å². The normalized spacial score (nSPS) is 19.8. The Morgan fingerprint density at radius 3 is 2.41 bits per heavy atom. The topological polar surface area (TPSA) is 46.2 Å². The summed E-state index contributed by atoms with van der Waals surface area (Å²) in [5.74, 6) is 0.0198. The van der Waals surface area contributed by atoms with Gasteiger partial charge in [-0.25, -0.2) is 0 Å². The van der Waals surface area contributed by atoms with Gasteiger partial charge in [0.05, 0.1) is 10.9 Å². The van der Waals surface area contributed by atoms with Gasteiger partial charge in [-0.2, -0.15) is 0 Å². The summed E-state index contributed by atoms with van der Waals surface area (Å²) < 4.78 is 0.